The van der Waals surface area contributed by atoms with Crippen molar-refractivity contribution in [1.82, 2.24) is 14.5 Å². The molecular weight excluding hydrogens is 468 g/mol. The number of rotatable bonds is 6. The van der Waals surface area contributed by atoms with Crippen LogP contribution >= 0.6 is 0 Å². The molecule has 0 atom stereocenters. The maximum Gasteiger partial charge on any atom is 0.274 e. The first kappa shape index (κ1) is 23.8. The third kappa shape index (κ3) is 4.67. The molecule has 0 aliphatic heterocycles. The number of hydrogen-bond acceptors (Lipinski definition) is 6. The first-order valence-electron chi connectivity index (χ1n) is 10.5. The van der Waals surface area contributed by atoms with Gasteiger partial charge in [0, 0.05) is 54.8 Å². The predicted molar refractivity (Wildman–Crippen MR) is 131 cm³/mol. The molecule has 2 heterocycles. The summed E-state index contributed by atoms with van der Waals surface area (Å²) >= 11 is 0. The lowest BCUT2D eigenvalue weighted by atomic mass is 10.0. The number of aromatic nitrogens is 2. The van der Waals surface area contributed by atoms with Crippen LogP contribution in [0.2, 0.25) is 0 Å². The summed E-state index contributed by atoms with van der Waals surface area (Å²) in [5.74, 6) is 0.356. The number of sulfone groups is 1. The molecule has 0 unspecified atom stereocenters. The fourth-order valence-electron chi connectivity index (χ4n) is 3.74. The Morgan fingerprint density at radius 3 is 2.66 bits per heavy atom. The van der Waals surface area contributed by atoms with Gasteiger partial charge in [0.2, 0.25) is 0 Å². The molecule has 0 spiro atoms. The highest BCUT2D eigenvalue weighted by Crippen LogP contribution is 2.38. The van der Waals surface area contributed by atoms with Gasteiger partial charge >= 0.3 is 0 Å². The lowest BCUT2D eigenvalue weighted by molar-refractivity contribution is 0.0811. The second-order valence-electron chi connectivity index (χ2n) is 8.10. The second kappa shape index (κ2) is 9.12. The standard InChI is InChI=1S/C25H22N4O5S/c1-28(12-10-26)24(30)16-5-4-6-17(13-16)34-22-8-7-18(35(3,32)33)14-20(22)21-15-29(2)25(31)23-19(21)9-11-27-23/h4-9,11,13-15,27H,12H2,1-3H3. The van der Waals surface area contributed by atoms with E-state index in [1.54, 1.807) is 55.8 Å². The monoisotopic (exact) mass is 490 g/mol. The van der Waals surface area contributed by atoms with Crippen molar-refractivity contribution >= 4 is 26.6 Å². The normalized spacial score (nSPS) is 11.3. The molecule has 2 aromatic heterocycles. The SMILES string of the molecule is CN(CC#N)C(=O)c1cccc(Oc2ccc(S(C)(=O)=O)cc2-c2cn(C)c(=O)c3[nH]ccc23)c1. The Labute approximate surface area is 201 Å². The Morgan fingerprint density at radius 1 is 1.17 bits per heavy atom. The number of amides is 1. The Kier molecular flexibility index (Phi) is 6.20. The summed E-state index contributed by atoms with van der Waals surface area (Å²) in [6.45, 7) is -0.0551. The number of pyridine rings is 1. The lowest BCUT2D eigenvalue weighted by Gasteiger charge is -2.16. The molecule has 35 heavy (non-hydrogen) atoms. The number of ether oxygens (including phenoxy) is 1. The zero-order valence-electron chi connectivity index (χ0n) is 19.3. The number of hydrogen-bond donors (Lipinski definition) is 1. The van der Waals surface area contributed by atoms with Crippen molar-refractivity contribution in [3.05, 3.63) is 76.8 Å². The van der Waals surface area contributed by atoms with E-state index < -0.39 is 9.84 Å². The van der Waals surface area contributed by atoms with Crippen LogP contribution in [-0.2, 0) is 16.9 Å². The van der Waals surface area contributed by atoms with Crippen LogP contribution in [0.1, 0.15) is 10.4 Å². The molecule has 4 aromatic rings. The van der Waals surface area contributed by atoms with E-state index in [0.29, 0.717) is 39.1 Å². The molecule has 9 nitrogen and oxygen atoms in total. The second-order valence-corrected chi connectivity index (χ2v) is 10.1. The van der Waals surface area contributed by atoms with Gasteiger partial charge in [-0.15, -0.1) is 0 Å². The predicted octanol–water partition coefficient (Wildman–Crippen LogP) is 3.32. The van der Waals surface area contributed by atoms with E-state index in [4.69, 9.17) is 10.00 Å². The molecule has 0 radical (unpaired) electrons. The molecule has 0 fully saturated rings. The fraction of sp³-hybridized carbons (Fsp3) is 0.160. The topological polar surface area (TPSA) is 125 Å². The van der Waals surface area contributed by atoms with E-state index in [-0.39, 0.29) is 22.9 Å². The van der Waals surface area contributed by atoms with Crippen molar-refractivity contribution in [3.8, 4) is 28.7 Å². The number of carbonyl (C=O) groups is 1. The summed E-state index contributed by atoms with van der Waals surface area (Å²) in [5.41, 5.74) is 1.57. The van der Waals surface area contributed by atoms with Gasteiger partial charge in [-0.25, -0.2) is 8.42 Å². The van der Waals surface area contributed by atoms with E-state index >= 15 is 0 Å². The number of aromatic amines is 1. The molecule has 178 valence electrons. The smallest absolute Gasteiger partial charge is 0.274 e. The molecule has 0 saturated carbocycles. The molecule has 0 aliphatic rings. The maximum absolute atomic E-state index is 12.6. The number of fused-ring (bicyclic) bond motifs is 1. The molecule has 1 N–H and O–H groups in total. The Hall–Kier alpha value is -4.36. The van der Waals surface area contributed by atoms with E-state index in [2.05, 4.69) is 4.98 Å². The average Bonchev–Trinajstić information content (AvgIpc) is 3.31. The van der Waals surface area contributed by atoms with E-state index in [0.717, 1.165) is 6.26 Å². The van der Waals surface area contributed by atoms with Gasteiger partial charge in [0.1, 0.15) is 23.6 Å². The zero-order chi connectivity index (χ0) is 25.3. The molecule has 1 amide bonds. The molecule has 4 rings (SSSR count). The highest BCUT2D eigenvalue weighted by Gasteiger charge is 2.19. The molecule has 10 heteroatoms. The van der Waals surface area contributed by atoms with Gasteiger partial charge in [-0.2, -0.15) is 5.26 Å². The van der Waals surface area contributed by atoms with Crippen molar-refractivity contribution in [2.75, 3.05) is 19.8 Å². The fourth-order valence-corrected chi connectivity index (χ4v) is 4.39. The third-order valence-corrected chi connectivity index (χ3v) is 6.64. The lowest BCUT2D eigenvalue weighted by Crippen LogP contribution is -2.26. The summed E-state index contributed by atoms with van der Waals surface area (Å²) in [6.07, 6.45) is 4.39. The highest BCUT2D eigenvalue weighted by atomic mass is 32.2. The minimum atomic E-state index is -3.52. The van der Waals surface area contributed by atoms with E-state index in [1.807, 2.05) is 6.07 Å². The largest absolute Gasteiger partial charge is 0.457 e. The molecule has 0 aliphatic carbocycles. The number of nitrogens with one attached hydrogen (secondary N) is 1. The van der Waals surface area contributed by atoms with Crippen LogP contribution < -0.4 is 10.3 Å². The van der Waals surface area contributed by atoms with Gasteiger partial charge in [0.15, 0.2) is 9.84 Å². The average molecular weight is 491 g/mol. The van der Waals surface area contributed by atoms with Crippen LogP contribution in [0.3, 0.4) is 0 Å². The Bertz CT molecular complexity index is 1660. The summed E-state index contributed by atoms with van der Waals surface area (Å²) in [5, 5.41) is 9.48. The number of nitrogens with zero attached hydrogens (tertiary/aromatic N) is 3. The van der Waals surface area contributed by atoms with Crippen molar-refractivity contribution < 1.29 is 17.9 Å². The summed E-state index contributed by atoms with van der Waals surface area (Å²) in [4.78, 5) is 29.4. The van der Waals surface area contributed by atoms with Crippen LogP contribution in [0.4, 0.5) is 0 Å². The third-order valence-electron chi connectivity index (χ3n) is 5.53. The zero-order valence-corrected chi connectivity index (χ0v) is 20.1. The number of carbonyl (C=O) groups excluding carboxylic acids is 1. The number of H-pyrrole nitrogens is 1. The number of aryl methyl sites for hydroxylation is 1. The van der Waals surface area contributed by atoms with Crippen molar-refractivity contribution in [1.29, 1.82) is 5.26 Å². The van der Waals surface area contributed by atoms with Gasteiger partial charge in [0.05, 0.1) is 11.0 Å². The van der Waals surface area contributed by atoms with E-state index in [9.17, 15) is 18.0 Å². The molecule has 2 aromatic carbocycles. The van der Waals surface area contributed by atoms with Crippen molar-refractivity contribution in [2.45, 2.75) is 4.90 Å². The minimum Gasteiger partial charge on any atom is -0.457 e. The first-order chi connectivity index (χ1) is 16.6. The van der Waals surface area contributed by atoms with Crippen LogP contribution in [-0.4, -0.2) is 48.6 Å². The van der Waals surface area contributed by atoms with Crippen LogP contribution in [0, 0.1) is 11.3 Å². The van der Waals surface area contributed by atoms with Crippen molar-refractivity contribution in [3.63, 3.8) is 0 Å². The van der Waals surface area contributed by atoms with Gasteiger partial charge in [-0.3, -0.25) is 9.59 Å². The van der Waals surface area contributed by atoms with Crippen LogP contribution in [0.5, 0.6) is 11.5 Å². The summed E-state index contributed by atoms with van der Waals surface area (Å²) < 4.78 is 32.1. The first-order valence-corrected chi connectivity index (χ1v) is 12.4. The van der Waals surface area contributed by atoms with Gasteiger partial charge in [-0.1, -0.05) is 6.07 Å². The van der Waals surface area contributed by atoms with Gasteiger partial charge < -0.3 is 19.2 Å². The molecular formula is C25H22N4O5S. The van der Waals surface area contributed by atoms with E-state index in [1.165, 1.54) is 28.6 Å². The number of nitriles is 1. The summed E-state index contributed by atoms with van der Waals surface area (Å²) in [7, 11) is -0.381. The van der Waals surface area contributed by atoms with Gasteiger partial charge in [-0.05, 0) is 42.5 Å². The summed E-state index contributed by atoms with van der Waals surface area (Å²) in [6, 6.07) is 14.7. The maximum atomic E-state index is 12.6. The quantitative estimate of drug-likeness (QED) is 0.413. The van der Waals surface area contributed by atoms with Crippen molar-refractivity contribution in [2.24, 2.45) is 7.05 Å². The van der Waals surface area contributed by atoms with Crippen LogP contribution in [0.15, 0.2) is 70.6 Å². The van der Waals surface area contributed by atoms with Crippen LogP contribution in [0.25, 0.3) is 22.0 Å². The minimum absolute atomic E-state index is 0.0551. The Morgan fingerprint density at radius 2 is 1.94 bits per heavy atom. The van der Waals surface area contributed by atoms with Gasteiger partial charge in [0.25, 0.3) is 11.5 Å². The number of benzene rings is 2. The highest BCUT2D eigenvalue weighted by molar-refractivity contribution is 7.90. The Balaban J connectivity index is 1.85. The molecule has 0 saturated heterocycles. The molecule has 0 bridgehead atoms.